The largest absolute Gasteiger partial charge is 0.491 e. The Morgan fingerprint density at radius 1 is 0.833 bits per heavy atom. The molecule has 0 bridgehead atoms. The quantitative estimate of drug-likeness (QED) is 0.0660. The Labute approximate surface area is 267 Å². The van der Waals surface area contributed by atoms with Crippen LogP contribution >= 0.6 is 0 Å². The van der Waals surface area contributed by atoms with Gasteiger partial charge >= 0.3 is 24.8 Å². The maximum Gasteiger partial charge on any atom is 0.490 e. The fraction of sp³-hybridized carbons (Fsp3) is 0.172. The minimum absolute atomic E-state index is 0.0807. The lowest BCUT2D eigenvalue weighted by molar-refractivity contribution is -0.192. The fourth-order valence-corrected chi connectivity index (χ4v) is 3.24. The number of alkyl halides is 6. The molecule has 19 heteroatoms. The van der Waals surface area contributed by atoms with Crippen molar-refractivity contribution in [1.82, 2.24) is 5.32 Å². The highest BCUT2D eigenvalue weighted by Crippen LogP contribution is 2.15. The molecule has 0 saturated carbocycles. The molecule has 1 amide bonds. The number of nitrogen functional groups attached to an aromatic ring is 2. The van der Waals surface area contributed by atoms with Crippen LogP contribution in [0.25, 0.3) is 0 Å². The first-order valence-corrected chi connectivity index (χ1v) is 12.8. The molecule has 3 aromatic rings. The molecule has 260 valence electrons. The molecule has 10 N–H and O–H groups in total. The molecule has 0 unspecified atom stereocenters. The molecule has 0 aliphatic heterocycles. The SMILES string of the molecule is FC(F)F.N=C(N)c1ccc(C(=O)N[C@@H](COc2cccc(C(=N)N)c2)Cc2ccc(C(=O)O)cc2)cc1.O=C(O)C(F)(F)F.O=CO. The normalized spacial score (nSPS) is 10.6. The van der Waals surface area contributed by atoms with Crippen molar-refractivity contribution in [2.24, 2.45) is 11.5 Å². The van der Waals surface area contributed by atoms with Crippen LogP contribution in [-0.2, 0) is 16.0 Å². The van der Waals surface area contributed by atoms with E-state index in [9.17, 15) is 35.9 Å². The van der Waals surface area contributed by atoms with Crippen LogP contribution in [0.1, 0.15) is 37.4 Å². The number of aromatic carboxylic acids is 1. The van der Waals surface area contributed by atoms with Gasteiger partial charge in [-0.05, 0) is 48.4 Å². The number of halogens is 6. The Kier molecular flexibility index (Phi) is 18.1. The zero-order valence-corrected chi connectivity index (χ0v) is 24.4. The van der Waals surface area contributed by atoms with Crippen LogP contribution in [0, 0.1) is 10.8 Å². The lowest BCUT2D eigenvalue weighted by Crippen LogP contribution is -2.40. The number of carbonyl (C=O) groups excluding carboxylic acids is 1. The van der Waals surface area contributed by atoms with Gasteiger partial charge in [0.25, 0.3) is 12.4 Å². The third-order valence-electron chi connectivity index (χ3n) is 5.32. The summed E-state index contributed by atoms with van der Waals surface area (Å²) in [5, 5.41) is 41.1. The van der Waals surface area contributed by atoms with E-state index in [0.29, 0.717) is 28.9 Å². The van der Waals surface area contributed by atoms with E-state index >= 15 is 0 Å². The number of rotatable bonds is 10. The third kappa shape index (κ3) is 17.4. The molecule has 0 aliphatic carbocycles. The molecule has 0 spiro atoms. The molecule has 13 nitrogen and oxygen atoms in total. The van der Waals surface area contributed by atoms with Crippen LogP contribution in [0.3, 0.4) is 0 Å². The topological polar surface area (TPSA) is 250 Å². The van der Waals surface area contributed by atoms with Crippen molar-refractivity contribution in [1.29, 1.82) is 10.8 Å². The van der Waals surface area contributed by atoms with E-state index in [-0.39, 0.29) is 36.2 Å². The number of carbonyl (C=O) groups is 4. The number of amides is 1. The smallest absolute Gasteiger partial charge is 0.490 e. The first-order chi connectivity index (χ1) is 22.3. The van der Waals surface area contributed by atoms with Crippen molar-refractivity contribution in [3.05, 3.63) is 101 Å². The third-order valence-corrected chi connectivity index (χ3v) is 5.32. The number of nitrogens with two attached hydrogens (primary N) is 2. The van der Waals surface area contributed by atoms with Gasteiger partial charge in [-0.3, -0.25) is 20.4 Å². The van der Waals surface area contributed by atoms with Gasteiger partial charge in [0.1, 0.15) is 24.0 Å². The number of carboxylic acid groups (broad SMARTS) is 3. The molecule has 0 radical (unpaired) electrons. The van der Waals surface area contributed by atoms with Gasteiger partial charge in [-0.2, -0.15) is 26.3 Å². The van der Waals surface area contributed by atoms with E-state index in [0.717, 1.165) is 5.56 Å². The van der Waals surface area contributed by atoms with Crippen LogP contribution in [0.15, 0.2) is 72.8 Å². The highest BCUT2D eigenvalue weighted by Gasteiger charge is 2.38. The molecule has 0 aromatic heterocycles. The van der Waals surface area contributed by atoms with Gasteiger partial charge in [-0.1, -0.05) is 36.4 Å². The maximum absolute atomic E-state index is 12.9. The summed E-state index contributed by atoms with van der Waals surface area (Å²) in [6.07, 6.45) is -4.69. The summed E-state index contributed by atoms with van der Waals surface area (Å²) in [5.74, 6) is -3.77. The van der Waals surface area contributed by atoms with Gasteiger partial charge in [0.05, 0.1) is 11.6 Å². The monoisotopic (exact) mass is 689 g/mol. The van der Waals surface area contributed by atoms with Crippen LogP contribution in [-0.4, -0.2) is 76.8 Å². The molecule has 0 fully saturated rings. The first-order valence-electron chi connectivity index (χ1n) is 12.8. The summed E-state index contributed by atoms with van der Waals surface area (Å²) in [7, 11) is 0. The van der Waals surface area contributed by atoms with E-state index in [2.05, 4.69) is 5.32 Å². The summed E-state index contributed by atoms with van der Waals surface area (Å²) in [4.78, 5) is 41.2. The Morgan fingerprint density at radius 3 is 1.69 bits per heavy atom. The van der Waals surface area contributed by atoms with Gasteiger partial charge in [0.15, 0.2) is 0 Å². The zero-order chi connectivity index (χ0) is 37.0. The first kappa shape index (κ1) is 41.9. The Bertz CT molecular complexity index is 1520. The molecular weight excluding hydrogens is 660 g/mol. The summed E-state index contributed by atoms with van der Waals surface area (Å²) in [5.41, 5.74) is 13.4. The molecule has 0 aliphatic rings. The van der Waals surface area contributed by atoms with Crippen molar-refractivity contribution in [2.45, 2.75) is 25.3 Å². The number of ether oxygens (including phenoxy) is 1. The Morgan fingerprint density at radius 2 is 1.27 bits per heavy atom. The van der Waals surface area contributed by atoms with Crippen LogP contribution < -0.4 is 21.5 Å². The second-order valence-corrected chi connectivity index (χ2v) is 8.78. The number of hydrogen-bond donors (Lipinski definition) is 8. The molecule has 3 rings (SSSR count). The average Bonchev–Trinajstić information content (AvgIpc) is 3.00. The van der Waals surface area contributed by atoms with Crippen LogP contribution in [0.4, 0.5) is 26.3 Å². The highest BCUT2D eigenvalue weighted by molar-refractivity contribution is 5.98. The number of hydrogen-bond acceptors (Lipinski definition) is 7. The van der Waals surface area contributed by atoms with Gasteiger partial charge < -0.3 is 36.8 Å². The molecule has 0 saturated heterocycles. The molecule has 0 heterocycles. The molecular formula is C29H29F6N5O8. The number of carboxylic acids is 2. The van der Waals surface area contributed by atoms with Crippen molar-refractivity contribution < 1.29 is 65.6 Å². The van der Waals surface area contributed by atoms with E-state index in [1.54, 1.807) is 60.7 Å². The Hall–Kier alpha value is -6.14. The number of nitrogens with one attached hydrogen (secondary N) is 3. The predicted molar refractivity (Wildman–Crippen MR) is 158 cm³/mol. The van der Waals surface area contributed by atoms with Crippen molar-refractivity contribution in [3.8, 4) is 5.75 Å². The van der Waals surface area contributed by atoms with Gasteiger partial charge in [-0.25, -0.2) is 9.59 Å². The van der Waals surface area contributed by atoms with Crippen molar-refractivity contribution in [2.75, 3.05) is 6.61 Å². The summed E-state index contributed by atoms with van der Waals surface area (Å²) < 4.78 is 66.6. The van der Waals surface area contributed by atoms with E-state index < -0.39 is 30.8 Å². The number of amidine groups is 2. The minimum atomic E-state index is -5.08. The van der Waals surface area contributed by atoms with Gasteiger partial charge in [0, 0.05) is 16.7 Å². The second kappa shape index (κ2) is 20.8. The predicted octanol–water partition coefficient (Wildman–Crippen LogP) is 3.89. The van der Waals surface area contributed by atoms with Crippen LogP contribution in [0.5, 0.6) is 5.75 Å². The minimum Gasteiger partial charge on any atom is -0.491 e. The summed E-state index contributed by atoms with van der Waals surface area (Å²) in [6.45, 7) is -3.79. The highest BCUT2D eigenvalue weighted by atomic mass is 19.4. The average molecular weight is 690 g/mol. The maximum atomic E-state index is 12.9. The summed E-state index contributed by atoms with van der Waals surface area (Å²) >= 11 is 0. The standard InChI is InChI=1S/C25H25N5O4.C2HF3O2.CHF3.CH2O2/c26-22(27)16-8-10-17(11-9-16)24(31)30-20(12-15-4-6-18(7-5-15)25(32)33)14-34-21-3-1-2-19(13-21)23(28)29;3-2(4,5)1(6)7;2-1(3)4;2-1-3/h1-11,13,20H,12,14H2,(H3,26,27)(H3,28,29)(H,30,31)(H,32,33);(H,6,7);1H;1H,(H,2,3)/t20-;;;/m1.../s1. The van der Waals surface area contributed by atoms with E-state index in [1.165, 1.54) is 12.1 Å². The lowest BCUT2D eigenvalue weighted by atomic mass is 10.0. The fourth-order valence-electron chi connectivity index (χ4n) is 3.24. The van der Waals surface area contributed by atoms with E-state index in [4.69, 9.17) is 51.9 Å². The molecule has 1 atom stereocenters. The van der Waals surface area contributed by atoms with Gasteiger partial charge in [0.2, 0.25) is 0 Å². The number of benzene rings is 3. The second-order valence-electron chi connectivity index (χ2n) is 8.78. The van der Waals surface area contributed by atoms with Crippen LogP contribution in [0.2, 0.25) is 0 Å². The van der Waals surface area contributed by atoms with Gasteiger partial charge in [-0.15, -0.1) is 0 Å². The van der Waals surface area contributed by atoms with Crippen molar-refractivity contribution >= 4 is 36.0 Å². The Balaban J connectivity index is 0.00000133. The van der Waals surface area contributed by atoms with E-state index in [1.807, 2.05) is 0 Å². The molecule has 3 aromatic carbocycles. The zero-order valence-electron chi connectivity index (χ0n) is 24.4. The van der Waals surface area contributed by atoms with Crippen molar-refractivity contribution in [3.63, 3.8) is 0 Å². The lowest BCUT2D eigenvalue weighted by Gasteiger charge is -2.20. The molecule has 48 heavy (non-hydrogen) atoms. The summed E-state index contributed by atoms with van der Waals surface area (Å²) in [6, 6.07) is 19.1. The number of aliphatic carboxylic acids is 1.